The lowest BCUT2D eigenvalue weighted by Crippen LogP contribution is -2.23. The molecule has 0 saturated heterocycles. The van der Waals surface area contributed by atoms with E-state index in [4.69, 9.17) is 14.5 Å². The molecule has 0 bridgehead atoms. The largest absolute Gasteiger partial charge is 0.497 e. The number of nitrogens with one attached hydrogen (secondary N) is 2. The number of H-pyrrole nitrogens is 1. The van der Waals surface area contributed by atoms with Crippen molar-refractivity contribution in [2.24, 2.45) is 0 Å². The number of hydrogen-bond donors (Lipinski definition) is 2. The van der Waals surface area contributed by atoms with Gasteiger partial charge in [-0.1, -0.05) is 24.3 Å². The molecule has 36 heavy (non-hydrogen) atoms. The molecule has 180 valence electrons. The Morgan fingerprint density at radius 2 is 1.72 bits per heavy atom. The fraction of sp³-hybridized carbons (Fsp3) is 0.107. The first-order valence-corrected chi connectivity index (χ1v) is 11.3. The van der Waals surface area contributed by atoms with E-state index in [-0.39, 0.29) is 11.7 Å². The van der Waals surface area contributed by atoms with Gasteiger partial charge in [-0.25, -0.2) is 9.37 Å². The van der Waals surface area contributed by atoms with E-state index in [1.807, 2.05) is 48.5 Å². The normalized spacial score (nSPS) is 10.9. The monoisotopic (exact) mass is 482 g/mol. The highest BCUT2D eigenvalue weighted by Gasteiger charge is 2.21. The summed E-state index contributed by atoms with van der Waals surface area (Å²) in [5.74, 6) is 0.726. The van der Waals surface area contributed by atoms with Gasteiger partial charge in [0, 0.05) is 17.7 Å². The highest BCUT2D eigenvalue weighted by atomic mass is 19.1. The van der Waals surface area contributed by atoms with Crippen LogP contribution in [0.25, 0.3) is 33.5 Å². The molecule has 0 aliphatic heterocycles. The zero-order valence-electron chi connectivity index (χ0n) is 19.7. The molecule has 0 aliphatic rings. The van der Waals surface area contributed by atoms with E-state index in [1.54, 1.807) is 32.4 Å². The van der Waals surface area contributed by atoms with Gasteiger partial charge in [-0.3, -0.25) is 9.89 Å². The Morgan fingerprint density at radius 3 is 2.44 bits per heavy atom. The van der Waals surface area contributed by atoms with Gasteiger partial charge in [-0.2, -0.15) is 5.10 Å². The van der Waals surface area contributed by atoms with Crippen LogP contribution in [0, 0.1) is 5.82 Å². The van der Waals surface area contributed by atoms with Gasteiger partial charge in [0.1, 0.15) is 17.3 Å². The quantitative estimate of drug-likeness (QED) is 0.325. The van der Waals surface area contributed by atoms with Crippen LogP contribution in [0.15, 0.2) is 78.9 Å². The molecule has 3 aromatic carbocycles. The molecule has 0 radical (unpaired) electrons. The van der Waals surface area contributed by atoms with E-state index in [9.17, 15) is 9.18 Å². The number of amides is 1. The summed E-state index contributed by atoms with van der Waals surface area (Å²) >= 11 is 0. The number of halogens is 1. The molecule has 8 heteroatoms. The van der Waals surface area contributed by atoms with Gasteiger partial charge in [0.15, 0.2) is 5.65 Å². The highest BCUT2D eigenvalue weighted by Crippen LogP contribution is 2.34. The molecule has 0 atom stereocenters. The van der Waals surface area contributed by atoms with E-state index in [1.165, 1.54) is 12.1 Å². The topological polar surface area (TPSA) is 89.1 Å². The van der Waals surface area contributed by atoms with Crippen LogP contribution < -0.4 is 14.8 Å². The summed E-state index contributed by atoms with van der Waals surface area (Å²) in [6, 6.07) is 22.6. The second-order valence-corrected chi connectivity index (χ2v) is 8.09. The number of para-hydroxylation sites is 1. The van der Waals surface area contributed by atoms with Crippen LogP contribution in [0.1, 0.15) is 15.9 Å². The maximum Gasteiger partial charge on any atom is 0.252 e. The molecular formula is C28H23FN4O3. The first-order valence-electron chi connectivity index (χ1n) is 11.3. The second kappa shape index (κ2) is 9.87. The summed E-state index contributed by atoms with van der Waals surface area (Å²) in [5.41, 5.74) is 4.23. The minimum atomic E-state index is -0.350. The SMILES string of the molecule is COc1ccc(CNC(=O)c2cc(-c3ccccc3OC)nc3n[nH]c(-c4ccc(F)cc4)c23)cc1. The van der Waals surface area contributed by atoms with Crippen molar-refractivity contribution >= 4 is 16.9 Å². The minimum Gasteiger partial charge on any atom is -0.497 e. The van der Waals surface area contributed by atoms with Gasteiger partial charge >= 0.3 is 0 Å². The minimum absolute atomic E-state index is 0.292. The number of methoxy groups -OCH3 is 2. The van der Waals surface area contributed by atoms with E-state index < -0.39 is 0 Å². The number of ether oxygens (including phenoxy) is 2. The van der Waals surface area contributed by atoms with E-state index in [0.717, 1.165) is 16.9 Å². The average molecular weight is 483 g/mol. The van der Waals surface area contributed by atoms with Crippen molar-refractivity contribution in [2.45, 2.75) is 6.54 Å². The molecule has 0 saturated carbocycles. The number of hydrogen-bond acceptors (Lipinski definition) is 5. The van der Waals surface area contributed by atoms with E-state index in [0.29, 0.717) is 45.8 Å². The molecular weight excluding hydrogens is 459 g/mol. The van der Waals surface area contributed by atoms with Gasteiger partial charge in [-0.15, -0.1) is 0 Å². The van der Waals surface area contributed by atoms with Crippen molar-refractivity contribution in [1.82, 2.24) is 20.5 Å². The standard InChI is InChI=1S/C28H23FN4O3/c1-35-20-13-7-17(8-14-20)16-30-28(34)22-15-23(21-5-3-4-6-24(21)36-2)31-27-25(22)26(32-33-27)18-9-11-19(29)12-10-18/h3-15H,16H2,1-2H3,(H,30,34)(H,31,32,33). The van der Waals surface area contributed by atoms with Crippen molar-refractivity contribution < 1.29 is 18.7 Å². The Labute approximate surface area is 206 Å². The van der Waals surface area contributed by atoms with Crippen LogP contribution in [0.5, 0.6) is 11.5 Å². The summed E-state index contributed by atoms with van der Waals surface area (Å²) in [6.45, 7) is 0.320. The number of nitrogens with zero attached hydrogens (tertiary/aromatic N) is 2. The van der Waals surface area contributed by atoms with Gasteiger partial charge < -0.3 is 14.8 Å². The number of rotatable bonds is 7. The van der Waals surface area contributed by atoms with Crippen LogP contribution in [0.3, 0.4) is 0 Å². The summed E-state index contributed by atoms with van der Waals surface area (Å²) < 4.78 is 24.3. The second-order valence-electron chi connectivity index (χ2n) is 8.09. The average Bonchev–Trinajstić information content (AvgIpc) is 3.36. The van der Waals surface area contributed by atoms with Crippen molar-refractivity contribution in [2.75, 3.05) is 14.2 Å². The van der Waals surface area contributed by atoms with Gasteiger partial charge in [-0.05, 0) is 60.2 Å². The first-order chi connectivity index (χ1) is 17.6. The predicted molar refractivity (Wildman–Crippen MR) is 135 cm³/mol. The Balaban J connectivity index is 1.59. The number of aromatic nitrogens is 3. The third-order valence-electron chi connectivity index (χ3n) is 5.90. The molecule has 0 spiro atoms. The van der Waals surface area contributed by atoms with Crippen LogP contribution in [0.2, 0.25) is 0 Å². The predicted octanol–water partition coefficient (Wildman–Crippen LogP) is 5.38. The molecule has 5 aromatic rings. The Morgan fingerprint density at radius 1 is 0.972 bits per heavy atom. The van der Waals surface area contributed by atoms with Gasteiger partial charge in [0.05, 0.1) is 36.6 Å². The summed E-state index contributed by atoms with van der Waals surface area (Å²) in [4.78, 5) is 18.2. The number of aromatic amines is 1. The zero-order valence-corrected chi connectivity index (χ0v) is 19.7. The van der Waals surface area contributed by atoms with Gasteiger partial charge in [0.2, 0.25) is 0 Å². The highest BCUT2D eigenvalue weighted by molar-refractivity contribution is 6.11. The van der Waals surface area contributed by atoms with Crippen molar-refractivity contribution in [1.29, 1.82) is 0 Å². The lowest BCUT2D eigenvalue weighted by Gasteiger charge is -2.12. The molecule has 0 fully saturated rings. The molecule has 1 amide bonds. The summed E-state index contributed by atoms with van der Waals surface area (Å²) in [6.07, 6.45) is 0. The fourth-order valence-corrected chi connectivity index (χ4v) is 4.04. The zero-order chi connectivity index (χ0) is 25.1. The van der Waals surface area contributed by atoms with Crippen molar-refractivity contribution in [3.05, 3.63) is 95.8 Å². The molecule has 7 nitrogen and oxygen atoms in total. The van der Waals surface area contributed by atoms with Crippen LogP contribution in [0.4, 0.5) is 4.39 Å². The van der Waals surface area contributed by atoms with Crippen molar-refractivity contribution in [3.8, 4) is 34.0 Å². The number of carbonyl (C=O) groups excluding carboxylic acids is 1. The Kier molecular flexibility index (Phi) is 6.32. The number of fused-ring (bicyclic) bond motifs is 1. The molecule has 0 unspecified atom stereocenters. The third kappa shape index (κ3) is 4.48. The fourth-order valence-electron chi connectivity index (χ4n) is 4.04. The summed E-state index contributed by atoms with van der Waals surface area (Å²) in [5, 5.41) is 10.9. The molecule has 2 heterocycles. The lowest BCUT2D eigenvalue weighted by atomic mass is 10.0. The number of pyridine rings is 1. The molecule has 0 aliphatic carbocycles. The number of carbonyl (C=O) groups is 1. The van der Waals surface area contributed by atoms with E-state index in [2.05, 4.69) is 15.5 Å². The van der Waals surface area contributed by atoms with Gasteiger partial charge in [0.25, 0.3) is 5.91 Å². The first kappa shape index (κ1) is 23.0. The van der Waals surface area contributed by atoms with Crippen molar-refractivity contribution in [3.63, 3.8) is 0 Å². The molecule has 2 N–H and O–H groups in total. The molecule has 5 rings (SSSR count). The maximum atomic E-state index is 13.5. The third-order valence-corrected chi connectivity index (χ3v) is 5.90. The maximum absolute atomic E-state index is 13.5. The number of benzene rings is 3. The van der Waals surface area contributed by atoms with Crippen LogP contribution in [-0.4, -0.2) is 35.3 Å². The lowest BCUT2D eigenvalue weighted by molar-refractivity contribution is 0.0952. The van der Waals surface area contributed by atoms with E-state index >= 15 is 0 Å². The van der Waals surface area contributed by atoms with Crippen LogP contribution in [-0.2, 0) is 6.54 Å². The molecule has 2 aromatic heterocycles. The Bertz CT molecular complexity index is 1530. The van der Waals surface area contributed by atoms with Crippen LogP contribution >= 0.6 is 0 Å². The summed E-state index contributed by atoms with van der Waals surface area (Å²) in [7, 11) is 3.19. The smallest absolute Gasteiger partial charge is 0.252 e. The Hall–Kier alpha value is -4.72.